The van der Waals surface area contributed by atoms with Crippen LogP contribution in [0, 0.1) is 18.7 Å². The average Bonchev–Trinajstić information content (AvgIpc) is 2.77. The molecule has 0 saturated carbocycles. The topological polar surface area (TPSA) is 38.9 Å². The number of halogens is 1. The van der Waals surface area contributed by atoms with Gasteiger partial charge in [0.05, 0.1) is 5.01 Å². The molecule has 0 amide bonds. The molecular weight excluding hydrogens is 247 g/mol. The Hall–Kier alpha value is -1.26. The molecule has 0 aliphatic carbocycles. The van der Waals surface area contributed by atoms with Crippen LogP contribution in [0.5, 0.6) is 0 Å². The first-order valence-electron chi connectivity index (χ1n) is 6.03. The van der Waals surface area contributed by atoms with Gasteiger partial charge in [-0.1, -0.05) is 12.1 Å². The second-order valence-corrected chi connectivity index (χ2v) is 5.46. The van der Waals surface area contributed by atoms with E-state index in [2.05, 4.69) is 10.4 Å². The van der Waals surface area contributed by atoms with E-state index < -0.39 is 0 Å². The van der Waals surface area contributed by atoms with Gasteiger partial charge in [0.1, 0.15) is 5.82 Å². The quantitative estimate of drug-likeness (QED) is 0.901. The number of nitrogens with two attached hydrogens (primary N) is 1. The number of aromatic nitrogens is 1. The lowest BCUT2D eigenvalue weighted by Crippen LogP contribution is -2.19. The van der Waals surface area contributed by atoms with Crippen LogP contribution in [0.15, 0.2) is 29.6 Å². The summed E-state index contributed by atoms with van der Waals surface area (Å²) in [6.45, 7) is 2.62. The molecule has 0 aliphatic rings. The first-order valence-corrected chi connectivity index (χ1v) is 6.91. The Kier molecular flexibility index (Phi) is 4.44. The maximum Gasteiger partial charge on any atom is 0.123 e. The molecule has 1 heterocycles. The van der Waals surface area contributed by atoms with Crippen LogP contribution in [-0.4, -0.2) is 11.5 Å². The number of hydrogen-bond donors (Lipinski definition) is 1. The third kappa shape index (κ3) is 3.62. The van der Waals surface area contributed by atoms with Gasteiger partial charge in [-0.3, -0.25) is 0 Å². The van der Waals surface area contributed by atoms with Gasteiger partial charge in [0, 0.05) is 17.5 Å². The van der Waals surface area contributed by atoms with Crippen molar-refractivity contribution in [1.82, 2.24) is 4.98 Å². The summed E-state index contributed by atoms with van der Waals surface area (Å²) in [4.78, 5) is 4.46. The Labute approximate surface area is 111 Å². The van der Waals surface area contributed by atoms with Crippen LogP contribution in [-0.2, 0) is 12.8 Å². The fourth-order valence-electron chi connectivity index (χ4n) is 1.94. The van der Waals surface area contributed by atoms with E-state index in [4.69, 9.17) is 5.73 Å². The summed E-state index contributed by atoms with van der Waals surface area (Å²) in [6, 6.07) is 6.64. The number of hydrogen-bond acceptors (Lipinski definition) is 3. The van der Waals surface area contributed by atoms with Gasteiger partial charge in [0.15, 0.2) is 0 Å². The molecule has 0 spiro atoms. The third-order valence-corrected chi connectivity index (χ3v) is 3.89. The van der Waals surface area contributed by atoms with Gasteiger partial charge in [0.25, 0.3) is 0 Å². The number of rotatable bonds is 5. The highest BCUT2D eigenvalue weighted by molar-refractivity contribution is 7.09. The molecule has 0 saturated heterocycles. The van der Waals surface area contributed by atoms with Crippen LogP contribution in [0.3, 0.4) is 0 Å². The van der Waals surface area contributed by atoms with Crippen LogP contribution in [0.2, 0.25) is 0 Å². The van der Waals surface area contributed by atoms with Crippen LogP contribution in [0.25, 0.3) is 0 Å². The van der Waals surface area contributed by atoms with Gasteiger partial charge in [-0.2, -0.15) is 0 Å². The lowest BCUT2D eigenvalue weighted by molar-refractivity contribution is 0.530. The van der Waals surface area contributed by atoms with Crippen molar-refractivity contribution in [1.29, 1.82) is 0 Å². The van der Waals surface area contributed by atoms with Crippen LogP contribution in [0.4, 0.5) is 4.39 Å². The first kappa shape index (κ1) is 13.2. The highest BCUT2D eigenvalue weighted by Crippen LogP contribution is 2.17. The molecular formula is C14H17FN2S. The summed E-state index contributed by atoms with van der Waals surface area (Å²) in [6.07, 6.45) is 1.77. The molecule has 18 heavy (non-hydrogen) atoms. The zero-order chi connectivity index (χ0) is 13.0. The molecule has 0 fully saturated rings. The Bertz CT molecular complexity index is 493. The van der Waals surface area contributed by atoms with Gasteiger partial charge < -0.3 is 5.73 Å². The predicted molar refractivity (Wildman–Crippen MR) is 73.2 cm³/mol. The average molecular weight is 264 g/mol. The van der Waals surface area contributed by atoms with E-state index in [1.165, 1.54) is 12.1 Å². The summed E-state index contributed by atoms with van der Waals surface area (Å²) < 4.78 is 12.8. The summed E-state index contributed by atoms with van der Waals surface area (Å²) in [5.41, 5.74) is 8.00. The van der Waals surface area contributed by atoms with E-state index in [1.807, 2.05) is 19.1 Å². The van der Waals surface area contributed by atoms with Crippen molar-refractivity contribution in [3.8, 4) is 0 Å². The van der Waals surface area contributed by atoms with Crippen LogP contribution in [0.1, 0.15) is 16.3 Å². The monoisotopic (exact) mass is 264 g/mol. The SMILES string of the molecule is Cc1csc(CC(CN)Cc2ccc(F)cc2)n1. The fraction of sp³-hybridized carbons (Fsp3) is 0.357. The van der Waals surface area contributed by atoms with Crippen molar-refractivity contribution in [2.75, 3.05) is 6.54 Å². The van der Waals surface area contributed by atoms with E-state index in [-0.39, 0.29) is 5.82 Å². The molecule has 1 unspecified atom stereocenters. The van der Waals surface area contributed by atoms with E-state index in [0.717, 1.165) is 29.1 Å². The molecule has 0 aliphatic heterocycles. The van der Waals surface area contributed by atoms with Crippen molar-refractivity contribution in [2.24, 2.45) is 11.7 Å². The van der Waals surface area contributed by atoms with Gasteiger partial charge in [-0.25, -0.2) is 9.37 Å². The van der Waals surface area contributed by atoms with Crippen molar-refractivity contribution in [3.05, 3.63) is 51.7 Å². The second-order valence-electron chi connectivity index (χ2n) is 4.52. The van der Waals surface area contributed by atoms with Gasteiger partial charge in [-0.05, 0) is 43.5 Å². The smallest absolute Gasteiger partial charge is 0.123 e. The number of aryl methyl sites for hydroxylation is 1. The minimum Gasteiger partial charge on any atom is -0.330 e. The van der Waals surface area contributed by atoms with E-state index in [9.17, 15) is 4.39 Å². The molecule has 2 aromatic rings. The molecule has 96 valence electrons. The largest absolute Gasteiger partial charge is 0.330 e. The molecule has 1 atom stereocenters. The van der Waals surface area contributed by atoms with Gasteiger partial charge >= 0.3 is 0 Å². The number of benzene rings is 1. The molecule has 1 aromatic heterocycles. The van der Waals surface area contributed by atoms with E-state index in [0.29, 0.717) is 12.5 Å². The maximum absolute atomic E-state index is 12.8. The fourth-order valence-corrected chi connectivity index (χ4v) is 2.82. The first-order chi connectivity index (χ1) is 8.67. The van der Waals surface area contributed by atoms with Crippen molar-refractivity contribution < 1.29 is 4.39 Å². The predicted octanol–water partition coefficient (Wildman–Crippen LogP) is 2.95. The van der Waals surface area contributed by atoms with Crippen molar-refractivity contribution in [2.45, 2.75) is 19.8 Å². The van der Waals surface area contributed by atoms with Gasteiger partial charge in [0.2, 0.25) is 0 Å². The lowest BCUT2D eigenvalue weighted by atomic mass is 9.96. The zero-order valence-electron chi connectivity index (χ0n) is 10.4. The van der Waals surface area contributed by atoms with Crippen LogP contribution < -0.4 is 5.73 Å². The Morgan fingerprint density at radius 2 is 2.00 bits per heavy atom. The zero-order valence-corrected chi connectivity index (χ0v) is 11.2. The van der Waals surface area contributed by atoms with E-state index >= 15 is 0 Å². The molecule has 0 bridgehead atoms. The highest BCUT2D eigenvalue weighted by atomic mass is 32.1. The van der Waals surface area contributed by atoms with Crippen molar-refractivity contribution in [3.63, 3.8) is 0 Å². The molecule has 2 N–H and O–H groups in total. The minimum absolute atomic E-state index is 0.196. The highest BCUT2D eigenvalue weighted by Gasteiger charge is 2.11. The molecule has 4 heteroatoms. The second kappa shape index (κ2) is 6.07. The Balaban J connectivity index is 1.99. The lowest BCUT2D eigenvalue weighted by Gasteiger charge is -2.13. The Morgan fingerprint density at radius 3 is 2.56 bits per heavy atom. The summed E-state index contributed by atoms with van der Waals surface area (Å²) in [5, 5.41) is 3.19. The number of nitrogens with zero attached hydrogens (tertiary/aromatic N) is 1. The Morgan fingerprint density at radius 1 is 1.28 bits per heavy atom. The molecule has 1 aromatic carbocycles. The standard InChI is InChI=1S/C14H17FN2S/c1-10-9-18-14(17-10)7-12(8-16)6-11-2-4-13(15)5-3-11/h2-5,9,12H,6-8,16H2,1H3. The normalized spacial score (nSPS) is 12.6. The summed E-state index contributed by atoms with van der Waals surface area (Å²) in [5.74, 6) is 0.166. The van der Waals surface area contributed by atoms with E-state index in [1.54, 1.807) is 11.3 Å². The van der Waals surface area contributed by atoms with Crippen LogP contribution >= 0.6 is 11.3 Å². The van der Waals surface area contributed by atoms with Gasteiger partial charge in [-0.15, -0.1) is 11.3 Å². The maximum atomic E-state index is 12.8. The number of thiazole rings is 1. The summed E-state index contributed by atoms with van der Waals surface area (Å²) in [7, 11) is 0. The summed E-state index contributed by atoms with van der Waals surface area (Å²) >= 11 is 1.68. The molecule has 2 nitrogen and oxygen atoms in total. The minimum atomic E-state index is -0.196. The third-order valence-electron chi connectivity index (χ3n) is 2.90. The molecule has 2 rings (SSSR count). The molecule has 0 radical (unpaired) electrons. The van der Waals surface area contributed by atoms with Crippen molar-refractivity contribution >= 4 is 11.3 Å².